The molecule has 1 atom stereocenters. The molecule has 0 aliphatic carbocycles. The third-order valence-corrected chi connectivity index (χ3v) is 9.53. The number of hydrogen-bond acceptors (Lipinski definition) is 11. The van der Waals surface area contributed by atoms with Crippen LogP contribution in [0.25, 0.3) is 10.9 Å². The van der Waals surface area contributed by atoms with Crippen LogP contribution >= 0.6 is 11.8 Å². The Labute approximate surface area is 279 Å². The fourth-order valence-electron chi connectivity index (χ4n) is 5.60. The average Bonchev–Trinajstić information content (AvgIpc) is 3.87. The number of ether oxygens (including phenoxy) is 6. The molecule has 3 aliphatic heterocycles. The minimum atomic E-state index is -0.534. The van der Waals surface area contributed by atoms with Crippen LogP contribution in [0, 0.1) is 0 Å². The number of amides is 2. The first-order valence-electron chi connectivity index (χ1n) is 15.8. The zero-order valence-electron chi connectivity index (χ0n) is 26.2. The molecule has 0 saturated carbocycles. The molecule has 0 unspecified atom stereocenters. The van der Waals surface area contributed by atoms with Gasteiger partial charge in [0.25, 0.3) is 5.56 Å². The summed E-state index contributed by atoms with van der Waals surface area (Å²) in [5, 5.41) is 6.21. The molecule has 0 saturated heterocycles. The van der Waals surface area contributed by atoms with Gasteiger partial charge in [-0.2, -0.15) is 0 Å². The maximum Gasteiger partial charge on any atom is 0.262 e. The van der Waals surface area contributed by atoms with Crippen molar-refractivity contribution in [3.8, 4) is 34.5 Å². The molecule has 7 rings (SSSR count). The number of benzene rings is 3. The maximum atomic E-state index is 13.9. The third kappa shape index (κ3) is 6.79. The van der Waals surface area contributed by atoms with Gasteiger partial charge < -0.3 is 39.1 Å². The van der Waals surface area contributed by atoms with E-state index >= 15 is 0 Å². The molecule has 250 valence electrons. The molecule has 4 aromatic rings. The summed E-state index contributed by atoms with van der Waals surface area (Å²) >= 11 is 1.24. The van der Waals surface area contributed by atoms with Gasteiger partial charge in [0.15, 0.2) is 39.7 Å². The molecule has 14 heteroatoms. The molecule has 4 heterocycles. The summed E-state index contributed by atoms with van der Waals surface area (Å²) < 4.78 is 34.2. The number of nitrogens with one attached hydrogen (secondary N) is 2. The van der Waals surface area contributed by atoms with Crippen molar-refractivity contribution in [3.05, 3.63) is 64.4 Å². The molecule has 0 bridgehead atoms. The van der Waals surface area contributed by atoms with Crippen molar-refractivity contribution in [3.63, 3.8) is 0 Å². The predicted molar refractivity (Wildman–Crippen MR) is 176 cm³/mol. The molecule has 0 spiro atoms. The lowest BCUT2D eigenvalue weighted by molar-refractivity contribution is -0.121. The number of carbonyl (C=O) groups is 2. The summed E-state index contributed by atoms with van der Waals surface area (Å²) in [5.41, 5.74) is 1.75. The number of nitrogens with zero attached hydrogens (tertiary/aromatic N) is 2. The van der Waals surface area contributed by atoms with Crippen molar-refractivity contribution in [2.45, 2.75) is 62.5 Å². The number of anilines is 1. The SMILES string of the molecule is CC[C@H](Sc1nc2cc3c(cc2c(=O)n1CCCCCC(=O)NCc1ccc2c(c1)OCO2)OCO3)C(=O)Nc1ccc2c(c1)OCO2. The molecule has 2 N–H and O–H groups in total. The lowest BCUT2D eigenvalue weighted by Gasteiger charge is -2.18. The van der Waals surface area contributed by atoms with Crippen LogP contribution < -0.4 is 44.6 Å². The van der Waals surface area contributed by atoms with Crippen molar-refractivity contribution < 1.29 is 38.0 Å². The Kier molecular flexibility index (Phi) is 9.14. The Balaban J connectivity index is 1.00. The van der Waals surface area contributed by atoms with E-state index in [-0.39, 0.29) is 37.8 Å². The van der Waals surface area contributed by atoms with Gasteiger partial charge in [0.2, 0.25) is 32.2 Å². The van der Waals surface area contributed by atoms with Crippen LogP contribution in [0.15, 0.2) is 58.5 Å². The fraction of sp³-hybridized carbons (Fsp3) is 0.353. The average molecular weight is 675 g/mol. The molecule has 48 heavy (non-hydrogen) atoms. The van der Waals surface area contributed by atoms with Crippen LogP contribution in [-0.2, 0) is 22.7 Å². The highest BCUT2D eigenvalue weighted by Crippen LogP contribution is 2.37. The number of unbranched alkanes of at least 4 members (excludes halogenated alkanes) is 2. The topological polar surface area (TPSA) is 148 Å². The quantitative estimate of drug-likeness (QED) is 0.113. The molecule has 13 nitrogen and oxygen atoms in total. The van der Waals surface area contributed by atoms with E-state index in [0.29, 0.717) is 95.0 Å². The highest BCUT2D eigenvalue weighted by molar-refractivity contribution is 8.00. The van der Waals surface area contributed by atoms with Gasteiger partial charge in [-0.15, -0.1) is 0 Å². The van der Waals surface area contributed by atoms with E-state index in [2.05, 4.69) is 10.6 Å². The van der Waals surface area contributed by atoms with Crippen LogP contribution in [0.1, 0.15) is 44.6 Å². The van der Waals surface area contributed by atoms with Crippen LogP contribution in [0.5, 0.6) is 34.5 Å². The van der Waals surface area contributed by atoms with Crippen molar-refractivity contribution in [1.82, 2.24) is 14.9 Å². The monoisotopic (exact) mass is 674 g/mol. The second-order valence-electron chi connectivity index (χ2n) is 11.4. The maximum absolute atomic E-state index is 13.9. The van der Waals surface area contributed by atoms with Crippen LogP contribution in [-0.4, -0.2) is 47.0 Å². The van der Waals surface area contributed by atoms with Crippen molar-refractivity contribution >= 4 is 40.2 Å². The molecule has 3 aromatic carbocycles. The van der Waals surface area contributed by atoms with Gasteiger partial charge in [-0.05, 0) is 55.2 Å². The molecule has 0 radical (unpaired) electrons. The molecular formula is C34H34N4O9S. The number of carbonyl (C=O) groups excluding carboxylic acids is 2. The van der Waals surface area contributed by atoms with Crippen molar-refractivity contribution in [2.75, 3.05) is 25.7 Å². The summed E-state index contributed by atoms with van der Waals surface area (Å²) in [6.45, 7) is 3.10. The van der Waals surface area contributed by atoms with E-state index in [1.54, 1.807) is 34.9 Å². The number of fused-ring (bicyclic) bond motifs is 4. The Hall–Kier alpha value is -5.11. The Morgan fingerprint density at radius 3 is 2.25 bits per heavy atom. The fourth-order valence-corrected chi connectivity index (χ4v) is 6.64. The Morgan fingerprint density at radius 2 is 1.50 bits per heavy atom. The number of aromatic nitrogens is 2. The van der Waals surface area contributed by atoms with Crippen molar-refractivity contribution in [1.29, 1.82) is 0 Å². The first-order chi connectivity index (χ1) is 23.4. The largest absolute Gasteiger partial charge is 0.454 e. The van der Waals surface area contributed by atoms with Gasteiger partial charge in [-0.3, -0.25) is 19.0 Å². The number of hydrogen-bond donors (Lipinski definition) is 2. The lowest BCUT2D eigenvalue weighted by atomic mass is 10.1. The molecule has 3 aliphatic rings. The highest BCUT2D eigenvalue weighted by Gasteiger charge is 2.25. The summed E-state index contributed by atoms with van der Waals surface area (Å²) in [6.07, 6.45) is 2.87. The molecule has 0 fully saturated rings. The van der Waals surface area contributed by atoms with Gasteiger partial charge in [-0.1, -0.05) is 31.2 Å². The van der Waals surface area contributed by atoms with E-state index in [1.165, 1.54) is 11.8 Å². The summed E-state index contributed by atoms with van der Waals surface area (Å²) in [4.78, 5) is 44.6. The van der Waals surface area contributed by atoms with Gasteiger partial charge >= 0.3 is 0 Å². The minimum absolute atomic E-state index is 0.0521. The van der Waals surface area contributed by atoms with E-state index < -0.39 is 5.25 Å². The van der Waals surface area contributed by atoms with E-state index in [0.717, 1.165) is 12.0 Å². The van der Waals surface area contributed by atoms with Gasteiger partial charge in [0.05, 0.1) is 16.2 Å². The first-order valence-corrected chi connectivity index (χ1v) is 16.7. The molecule has 1 aromatic heterocycles. The Bertz CT molecular complexity index is 1930. The Morgan fingerprint density at radius 1 is 0.833 bits per heavy atom. The summed E-state index contributed by atoms with van der Waals surface area (Å²) in [6, 6.07) is 14.2. The van der Waals surface area contributed by atoms with Crippen LogP contribution in [0.4, 0.5) is 5.69 Å². The predicted octanol–water partition coefficient (Wildman–Crippen LogP) is 4.97. The van der Waals surface area contributed by atoms with E-state index in [9.17, 15) is 14.4 Å². The van der Waals surface area contributed by atoms with E-state index in [4.69, 9.17) is 33.4 Å². The van der Waals surface area contributed by atoms with Crippen LogP contribution in [0.2, 0.25) is 0 Å². The zero-order chi connectivity index (χ0) is 33.0. The van der Waals surface area contributed by atoms with Gasteiger partial charge in [-0.25, -0.2) is 4.98 Å². The standard InChI is InChI=1S/C34H34N4O9S/c1-2-30(32(40)36-21-8-10-25-27(13-21)45-18-43-25)48-34-37-23-15-29-28(46-19-47-29)14-22(23)33(41)38(34)11-5-3-4-6-31(39)35-16-20-7-9-24-26(12-20)44-17-42-24/h7-10,12-15,30H,2-6,11,16-19H2,1H3,(H,35,39)(H,36,40)/t30-/m0/s1. The zero-order valence-corrected chi connectivity index (χ0v) is 27.1. The van der Waals surface area contributed by atoms with E-state index in [1.807, 2.05) is 25.1 Å². The third-order valence-electron chi connectivity index (χ3n) is 8.18. The second kappa shape index (κ2) is 13.9. The molecular weight excluding hydrogens is 640 g/mol. The van der Waals surface area contributed by atoms with Gasteiger partial charge in [0.1, 0.15) is 0 Å². The summed E-state index contributed by atoms with van der Waals surface area (Å²) in [7, 11) is 0. The molecule has 2 amide bonds. The number of thioether (sulfide) groups is 1. The highest BCUT2D eigenvalue weighted by atomic mass is 32.2. The van der Waals surface area contributed by atoms with Crippen molar-refractivity contribution in [2.24, 2.45) is 0 Å². The number of rotatable bonds is 13. The smallest absolute Gasteiger partial charge is 0.262 e. The van der Waals surface area contributed by atoms with Crippen LogP contribution in [0.3, 0.4) is 0 Å². The summed E-state index contributed by atoms with van der Waals surface area (Å²) in [5.74, 6) is 3.32. The normalized spacial score (nSPS) is 14.3. The lowest BCUT2D eigenvalue weighted by Crippen LogP contribution is -2.28. The first kappa shape index (κ1) is 31.5. The minimum Gasteiger partial charge on any atom is -0.454 e. The second-order valence-corrected chi connectivity index (χ2v) is 12.6. The van der Waals surface area contributed by atoms with Gasteiger partial charge in [0, 0.05) is 37.3 Å².